The molecule has 1 heterocycles. The zero-order valence-corrected chi connectivity index (χ0v) is 16.6. The fraction of sp³-hybridized carbons (Fsp3) is 0.158. The molecule has 0 radical (unpaired) electrons. The van der Waals surface area contributed by atoms with Gasteiger partial charge in [-0.25, -0.2) is 0 Å². The van der Waals surface area contributed by atoms with Crippen LogP contribution in [0.15, 0.2) is 58.9 Å². The standard InChI is InChI=1S/C19H17N3O4S2/c1-25-16(23)12-27-19-22-21-18(28-19)20-17(24)14-8-5-9-15(10-14)26-11-13-6-3-2-4-7-13/h2-10H,11-12H2,1H3,(H,20,21,24). The summed E-state index contributed by atoms with van der Waals surface area (Å²) in [6, 6.07) is 16.7. The minimum absolute atomic E-state index is 0.139. The second-order valence-corrected chi connectivity index (χ2v) is 7.69. The van der Waals surface area contributed by atoms with Gasteiger partial charge in [0.05, 0.1) is 12.9 Å². The van der Waals surface area contributed by atoms with Gasteiger partial charge in [0.2, 0.25) is 5.13 Å². The van der Waals surface area contributed by atoms with E-state index in [2.05, 4.69) is 20.3 Å². The predicted octanol–water partition coefficient (Wildman–Crippen LogP) is 3.63. The van der Waals surface area contributed by atoms with Crippen LogP contribution in [0.2, 0.25) is 0 Å². The molecule has 0 spiro atoms. The number of benzene rings is 2. The Morgan fingerprint density at radius 3 is 2.71 bits per heavy atom. The van der Waals surface area contributed by atoms with Crippen molar-refractivity contribution < 1.29 is 19.1 Å². The van der Waals surface area contributed by atoms with Gasteiger partial charge in [0, 0.05) is 5.56 Å². The van der Waals surface area contributed by atoms with Crippen LogP contribution in [-0.4, -0.2) is 34.9 Å². The van der Waals surface area contributed by atoms with Gasteiger partial charge < -0.3 is 9.47 Å². The highest BCUT2D eigenvalue weighted by molar-refractivity contribution is 8.01. The molecule has 0 bridgehead atoms. The van der Waals surface area contributed by atoms with Crippen LogP contribution in [0.4, 0.5) is 5.13 Å². The van der Waals surface area contributed by atoms with Crippen LogP contribution >= 0.6 is 23.1 Å². The van der Waals surface area contributed by atoms with Gasteiger partial charge in [-0.15, -0.1) is 10.2 Å². The summed E-state index contributed by atoms with van der Waals surface area (Å²) in [6.07, 6.45) is 0. The maximum atomic E-state index is 12.5. The summed E-state index contributed by atoms with van der Waals surface area (Å²) >= 11 is 2.39. The highest BCUT2D eigenvalue weighted by Gasteiger charge is 2.12. The number of thioether (sulfide) groups is 1. The first-order chi connectivity index (χ1) is 13.6. The van der Waals surface area contributed by atoms with Gasteiger partial charge in [0.25, 0.3) is 5.91 Å². The maximum Gasteiger partial charge on any atom is 0.316 e. The zero-order valence-electron chi connectivity index (χ0n) is 15.0. The first-order valence-corrected chi connectivity index (χ1v) is 10.1. The van der Waals surface area contributed by atoms with E-state index >= 15 is 0 Å². The Morgan fingerprint density at radius 2 is 1.93 bits per heavy atom. The Labute approximate surface area is 170 Å². The Balaban J connectivity index is 1.57. The summed E-state index contributed by atoms with van der Waals surface area (Å²) in [5, 5.41) is 10.9. The summed E-state index contributed by atoms with van der Waals surface area (Å²) in [5.74, 6) is 0.0758. The van der Waals surface area contributed by atoms with Crippen LogP contribution in [0.5, 0.6) is 5.75 Å². The van der Waals surface area contributed by atoms with E-state index in [1.807, 2.05) is 30.3 Å². The SMILES string of the molecule is COC(=O)CSc1nnc(NC(=O)c2cccc(OCc3ccccc3)c2)s1. The van der Waals surface area contributed by atoms with E-state index in [4.69, 9.17) is 4.74 Å². The molecule has 0 aliphatic heterocycles. The van der Waals surface area contributed by atoms with Gasteiger partial charge in [-0.05, 0) is 23.8 Å². The van der Waals surface area contributed by atoms with E-state index in [9.17, 15) is 9.59 Å². The van der Waals surface area contributed by atoms with Crippen molar-refractivity contribution in [2.24, 2.45) is 0 Å². The van der Waals surface area contributed by atoms with Crippen LogP contribution in [0.3, 0.4) is 0 Å². The van der Waals surface area contributed by atoms with E-state index in [1.165, 1.54) is 30.2 Å². The Morgan fingerprint density at radius 1 is 1.11 bits per heavy atom. The van der Waals surface area contributed by atoms with Crippen molar-refractivity contribution in [3.05, 3.63) is 65.7 Å². The number of anilines is 1. The number of amides is 1. The third-order valence-electron chi connectivity index (χ3n) is 3.51. The van der Waals surface area contributed by atoms with E-state index in [0.717, 1.165) is 5.56 Å². The number of carbonyl (C=O) groups excluding carboxylic acids is 2. The number of methoxy groups -OCH3 is 1. The number of aromatic nitrogens is 2. The lowest BCUT2D eigenvalue weighted by atomic mass is 10.2. The van der Waals surface area contributed by atoms with Crippen molar-refractivity contribution in [2.75, 3.05) is 18.2 Å². The van der Waals surface area contributed by atoms with E-state index < -0.39 is 0 Å². The number of hydrogen-bond acceptors (Lipinski definition) is 8. The molecule has 0 atom stereocenters. The molecule has 9 heteroatoms. The molecule has 0 fully saturated rings. The van der Waals surface area contributed by atoms with Gasteiger partial charge in [-0.1, -0.05) is 59.5 Å². The Hall–Kier alpha value is -2.91. The minimum atomic E-state index is -0.349. The normalized spacial score (nSPS) is 10.3. The molecule has 0 unspecified atom stereocenters. The zero-order chi connectivity index (χ0) is 19.8. The second kappa shape index (κ2) is 9.86. The summed E-state index contributed by atoms with van der Waals surface area (Å²) < 4.78 is 10.9. The first-order valence-electron chi connectivity index (χ1n) is 8.25. The van der Waals surface area contributed by atoms with Crippen LogP contribution in [0.25, 0.3) is 0 Å². The molecular formula is C19H17N3O4S2. The fourth-order valence-corrected chi connectivity index (χ4v) is 3.71. The van der Waals surface area contributed by atoms with Crippen LogP contribution in [-0.2, 0) is 16.1 Å². The smallest absolute Gasteiger partial charge is 0.316 e. The van der Waals surface area contributed by atoms with Crippen LogP contribution in [0.1, 0.15) is 15.9 Å². The van der Waals surface area contributed by atoms with Gasteiger partial charge in [0.15, 0.2) is 4.34 Å². The maximum absolute atomic E-state index is 12.5. The molecule has 2 aromatic carbocycles. The monoisotopic (exact) mass is 415 g/mol. The molecule has 0 saturated heterocycles. The Bertz CT molecular complexity index is 947. The molecule has 3 aromatic rings. The highest BCUT2D eigenvalue weighted by Crippen LogP contribution is 2.26. The fourth-order valence-electron chi connectivity index (χ4n) is 2.14. The van der Waals surface area contributed by atoms with Crippen LogP contribution < -0.4 is 10.1 Å². The lowest BCUT2D eigenvalue weighted by Crippen LogP contribution is -2.11. The molecule has 0 aliphatic carbocycles. The third kappa shape index (κ3) is 5.80. The van der Waals surface area contributed by atoms with E-state index in [-0.39, 0.29) is 17.6 Å². The van der Waals surface area contributed by atoms with Crippen molar-refractivity contribution in [3.63, 3.8) is 0 Å². The number of carbonyl (C=O) groups is 2. The average molecular weight is 415 g/mol. The van der Waals surface area contributed by atoms with Crippen molar-refractivity contribution in [3.8, 4) is 5.75 Å². The van der Waals surface area contributed by atoms with Crippen molar-refractivity contribution in [2.45, 2.75) is 10.9 Å². The lowest BCUT2D eigenvalue weighted by molar-refractivity contribution is -0.137. The topological polar surface area (TPSA) is 90.4 Å². The molecule has 1 amide bonds. The summed E-state index contributed by atoms with van der Waals surface area (Å²) in [5.41, 5.74) is 1.49. The van der Waals surface area contributed by atoms with Crippen molar-refractivity contribution in [1.29, 1.82) is 0 Å². The number of nitrogens with zero attached hydrogens (tertiary/aromatic N) is 2. The second-order valence-electron chi connectivity index (χ2n) is 5.49. The minimum Gasteiger partial charge on any atom is -0.489 e. The van der Waals surface area contributed by atoms with Gasteiger partial charge in [-0.2, -0.15) is 0 Å². The van der Waals surface area contributed by atoms with Gasteiger partial charge >= 0.3 is 5.97 Å². The summed E-state index contributed by atoms with van der Waals surface area (Å²) in [4.78, 5) is 23.6. The van der Waals surface area contributed by atoms with Gasteiger partial charge in [-0.3, -0.25) is 14.9 Å². The summed E-state index contributed by atoms with van der Waals surface area (Å²) in [6.45, 7) is 0.420. The third-order valence-corrected chi connectivity index (χ3v) is 5.46. The summed E-state index contributed by atoms with van der Waals surface area (Å²) in [7, 11) is 1.33. The first kappa shape index (κ1) is 19.8. The molecule has 144 valence electrons. The largest absolute Gasteiger partial charge is 0.489 e. The number of hydrogen-bond donors (Lipinski definition) is 1. The highest BCUT2D eigenvalue weighted by atomic mass is 32.2. The number of esters is 1. The number of rotatable bonds is 8. The Kier molecular flexibility index (Phi) is 6.99. The number of nitrogens with one attached hydrogen (secondary N) is 1. The molecule has 7 nitrogen and oxygen atoms in total. The molecule has 28 heavy (non-hydrogen) atoms. The molecular weight excluding hydrogens is 398 g/mol. The molecule has 0 saturated carbocycles. The predicted molar refractivity (Wildman–Crippen MR) is 108 cm³/mol. The molecule has 3 rings (SSSR count). The van der Waals surface area contributed by atoms with E-state index in [1.54, 1.807) is 24.3 Å². The van der Waals surface area contributed by atoms with E-state index in [0.29, 0.717) is 27.4 Å². The van der Waals surface area contributed by atoms with Crippen LogP contribution in [0, 0.1) is 0 Å². The molecule has 0 aliphatic rings. The van der Waals surface area contributed by atoms with Crippen molar-refractivity contribution in [1.82, 2.24) is 10.2 Å². The molecule has 1 N–H and O–H groups in total. The number of ether oxygens (including phenoxy) is 2. The average Bonchev–Trinajstić information content (AvgIpc) is 3.18. The quantitative estimate of drug-likeness (QED) is 0.341. The van der Waals surface area contributed by atoms with Gasteiger partial charge in [0.1, 0.15) is 12.4 Å². The molecule has 1 aromatic heterocycles. The lowest BCUT2D eigenvalue weighted by Gasteiger charge is -2.08. The van der Waals surface area contributed by atoms with Crippen molar-refractivity contribution >= 4 is 40.1 Å².